The van der Waals surface area contributed by atoms with E-state index in [4.69, 9.17) is 4.98 Å². The number of ketones is 1. The maximum Gasteiger partial charge on any atom is 0.268 e. The number of fused-ring (bicyclic) bond motifs is 1. The first-order valence-corrected chi connectivity index (χ1v) is 12.2. The van der Waals surface area contributed by atoms with Crippen LogP contribution in [0.25, 0.3) is 26.3 Å². The van der Waals surface area contributed by atoms with Gasteiger partial charge in [0.1, 0.15) is 10.6 Å². The predicted molar refractivity (Wildman–Crippen MR) is 122 cm³/mol. The Morgan fingerprint density at radius 3 is 2.66 bits per heavy atom. The Labute approximate surface area is 180 Å². The zero-order valence-electron chi connectivity index (χ0n) is 15.5. The van der Waals surface area contributed by atoms with E-state index in [1.807, 2.05) is 53.2 Å². The minimum atomic E-state index is -0.125. The van der Waals surface area contributed by atoms with Gasteiger partial charge in [-0.05, 0) is 36.4 Å². The Morgan fingerprint density at radius 2 is 1.90 bits per heavy atom. The minimum absolute atomic E-state index is 0.0726. The van der Waals surface area contributed by atoms with E-state index in [1.165, 1.54) is 23.1 Å². The third-order valence-corrected chi connectivity index (χ3v) is 8.17. The molecule has 0 bridgehead atoms. The molecule has 1 aliphatic carbocycles. The highest BCUT2D eigenvalue weighted by atomic mass is 32.2. The Balaban J connectivity index is 1.72. The van der Waals surface area contributed by atoms with Crippen LogP contribution in [0.15, 0.2) is 63.2 Å². The van der Waals surface area contributed by atoms with Gasteiger partial charge >= 0.3 is 0 Å². The summed E-state index contributed by atoms with van der Waals surface area (Å²) in [5, 5.41) is 5.16. The summed E-state index contributed by atoms with van der Waals surface area (Å²) < 4.78 is 1.68. The molecule has 1 unspecified atom stereocenters. The van der Waals surface area contributed by atoms with Crippen molar-refractivity contribution in [2.45, 2.75) is 36.1 Å². The molecule has 0 amide bonds. The number of hydrogen-bond donors (Lipinski definition) is 0. The second kappa shape index (κ2) is 7.89. The molecule has 4 aromatic rings. The molecule has 0 aliphatic heterocycles. The van der Waals surface area contributed by atoms with E-state index in [2.05, 4.69) is 0 Å². The maximum absolute atomic E-state index is 13.7. The van der Waals surface area contributed by atoms with Gasteiger partial charge in [0, 0.05) is 22.2 Å². The lowest BCUT2D eigenvalue weighted by Gasteiger charge is -2.21. The molecule has 1 fully saturated rings. The van der Waals surface area contributed by atoms with Crippen LogP contribution < -0.4 is 5.56 Å². The Hall–Kier alpha value is -2.22. The average molecular weight is 439 g/mol. The molecule has 3 heterocycles. The minimum Gasteiger partial charge on any atom is -0.298 e. The summed E-state index contributed by atoms with van der Waals surface area (Å²) in [4.78, 5) is 32.8. The monoisotopic (exact) mass is 438 g/mol. The summed E-state index contributed by atoms with van der Waals surface area (Å²) in [6.07, 6.45) is 3.47. The zero-order chi connectivity index (χ0) is 19.8. The Morgan fingerprint density at radius 1 is 1.03 bits per heavy atom. The summed E-state index contributed by atoms with van der Waals surface area (Å²) >= 11 is 4.55. The molecule has 0 spiro atoms. The molecular weight excluding hydrogens is 420 g/mol. The Bertz CT molecular complexity index is 1230. The van der Waals surface area contributed by atoms with E-state index >= 15 is 0 Å². The lowest BCUT2D eigenvalue weighted by molar-refractivity contribution is -0.119. The molecular formula is C22H18N2O2S3. The van der Waals surface area contributed by atoms with Crippen molar-refractivity contribution in [1.29, 1.82) is 0 Å². The first-order valence-electron chi connectivity index (χ1n) is 9.55. The number of carbonyl (C=O) groups excluding carboxylic acids is 1. The molecule has 1 aromatic carbocycles. The lowest BCUT2D eigenvalue weighted by atomic mass is 9.99. The van der Waals surface area contributed by atoms with E-state index in [9.17, 15) is 9.59 Å². The van der Waals surface area contributed by atoms with Gasteiger partial charge in [-0.15, -0.1) is 22.7 Å². The highest BCUT2D eigenvalue weighted by molar-refractivity contribution is 8.00. The molecule has 29 heavy (non-hydrogen) atoms. The van der Waals surface area contributed by atoms with Crippen molar-refractivity contribution in [3.05, 3.63) is 63.6 Å². The van der Waals surface area contributed by atoms with Crippen molar-refractivity contribution in [3.63, 3.8) is 0 Å². The molecule has 0 saturated heterocycles. The quantitative estimate of drug-likeness (QED) is 0.379. The molecule has 0 radical (unpaired) electrons. The van der Waals surface area contributed by atoms with Gasteiger partial charge in [-0.25, -0.2) is 4.98 Å². The number of rotatable bonds is 4. The SMILES string of the molecule is O=C1CCCCC1Sc1nc2scc(-c3cccs3)c2c(=O)n1-c1ccccc1. The van der Waals surface area contributed by atoms with Gasteiger partial charge in [-0.2, -0.15) is 0 Å². The van der Waals surface area contributed by atoms with E-state index < -0.39 is 0 Å². The standard InChI is InChI=1S/C22H18N2O2S3/c25-16-9-4-5-10-18(16)29-22-23-20-19(15(13-28-20)17-11-6-12-27-17)21(26)24(22)14-7-2-1-3-8-14/h1-3,6-8,11-13,18H,4-5,9-10H2. The van der Waals surface area contributed by atoms with Gasteiger partial charge in [0.15, 0.2) is 5.16 Å². The number of hydrogen-bond acceptors (Lipinski definition) is 6. The summed E-state index contributed by atoms with van der Waals surface area (Å²) in [5.41, 5.74) is 1.64. The second-order valence-electron chi connectivity index (χ2n) is 7.00. The topological polar surface area (TPSA) is 52.0 Å². The molecule has 3 aromatic heterocycles. The highest BCUT2D eigenvalue weighted by Gasteiger charge is 2.27. The van der Waals surface area contributed by atoms with Crippen molar-refractivity contribution in [2.24, 2.45) is 0 Å². The predicted octanol–water partition coefficient (Wildman–Crippen LogP) is 5.78. The lowest BCUT2D eigenvalue weighted by Crippen LogP contribution is -2.26. The number of thioether (sulfide) groups is 1. The van der Waals surface area contributed by atoms with Crippen LogP contribution >= 0.6 is 34.4 Å². The fourth-order valence-corrected chi connectivity index (χ4v) is 6.71. The van der Waals surface area contributed by atoms with Gasteiger partial charge in [0.05, 0.1) is 16.3 Å². The van der Waals surface area contributed by atoms with Crippen LogP contribution in [-0.2, 0) is 4.79 Å². The largest absolute Gasteiger partial charge is 0.298 e. The summed E-state index contributed by atoms with van der Waals surface area (Å²) in [7, 11) is 0. The molecule has 1 atom stereocenters. The number of para-hydroxylation sites is 1. The van der Waals surface area contributed by atoms with E-state index in [-0.39, 0.29) is 16.6 Å². The number of nitrogens with zero attached hydrogens (tertiary/aromatic N) is 2. The maximum atomic E-state index is 13.7. The number of carbonyl (C=O) groups is 1. The first-order chi connectivity index (χ1) is 14.2. The van der Waals surface area contributed by atoms with E-state index in [0.717, 1.165) is 40.2 Å². The third-order valence-electron chi connectivity index (χ3n) is 5.12. The fraction of sp³-hybridized carbons (Fsp3) is 0.227. The van der Waals surface area contributed by atoms with Crippen LogP contribution in [0.1, 0.15) is 25.7 Å². The number of benzene rings is 1. The van der Waals surface area contributed by atoms with Gasteiger partial charge in [0.2, 0.25) is 0 Å². The third kappa shape index (κ3) is 3.47. The molecule has 146 valence electrons. The van der Waals surface area contributed by atoms with Crippen molar-refractivity contribution in [3.8, 4) is 16.1 Å². The summed E-state index contributed by atoms with van der Waals surface area (Å²) in [5.74, 6) is 0.265. The second-order valence-corrected chi connectivity index (χ2v) is 9.97. The van der Waals surface area contributed by atoms with Crippen LogP contribution in [0.2, 0.25) is 0 Å². The van der Waals surface area contributed by atoms with Crippen LogP contribution in [0.5, 0.6) is 0 Å². The average Bonchev–Trinajstić information content (AvgIpc) is 3.40. The number of aromatic nitrogens is 2. The van der Waals surface area contributed by atoms with Crippen molar-refractivity contribution < 1.29 is 4.79 Å². The van der Waals surface area contributed by atoms with Crippen molar-refractivity contribution >= 4 is 50.4 Å². The summed E-state index contributed by atoms with van der Waals surface area (Å²) in [6.45, 7) is 0. The van der Waals surface area contributed by atoms with Crippen LogP contribution in [0, 0.1) is 0 Å². The molecule has 7 heteroatoms. The highest BCUT2D eigenvalue weighted by Crippen LogP contribution is 2.37. The molecule has 0 N–H and O–H groups in total. The van der Waals surface area contributed by atoms with Gasteiger partial charge < -0.3 is 0 Å². The van der Waals surface area contributed by atoms with Crippen LogP contribution in [-0.4, -0.2) is 20.6 Å². The van der Waals surface area contributed by atoms with Crippen LogP contribution in [0.3, 0.4) is 0 Å². The normalized spacial score (nSPS) is 17.1. The van der Waals surface area contributed by atoms with Gasteiger partial charge in [-0.3, -0.25) is 14.2 Å². The number of Topliss-reactive ketones (excluding diaryl/α,β-unsaturated/α-hetero) is 1. The molecule has 1 saturated carbocycles. The first kappa shape index (κ1) is 18.8. The molecule has 1 aliphatic rings. The summed E-state index contributed by atoms with van der Waals surface area (Å²) in [6, 6.07) is 13.6. The Kier molecular flexibility index (Phi) is 5.11. The molecule has 4 nitrogen and oxygen atoms in total. The van der Waals surface area contributed by atoms with Crippen LogP contribution in [0.4, 0.5) is 0 Å². The van der Waals surface area contributed by atoms with E-state index in [1.54, 1.807) is 15.9 Å². The number of thiophene rings is 2. The van der Waals surface area contributed by atoms with Crippen molar-refractivity contribution in [2.75, 3.05) is 0 Å². The van der Waals surface area contributed by atoms with Crippen molar-refractivity contribution in [1.82, 2.24) is 9.55 Å². The van der Waals surface area contributed by atoms with Gasteiger partial charge in [-0.1, -0.05) is 42.4 Å². The van der Waals surface area contributed by atoms with E-state index in [0.29, 0.717) is 17.0 Å². The fourth-order valence-electron chi connectivity index (χ4n) is 3.67. The molecule has 5 rings (SSSR count). The zero-order valence-corrected chi connectivity index (χ0v) is 18.0. The van der Waals surface area contributed by atoms with Gasteiger partial charge in [0.25, 0.3) is 5.56 Å². The smallest absolute Gasteiger partial charge is 0.268 e.